The number of halogens is 2. The molecule has 3 heterocycles. The quantitative estimate of drug-likeness (QED) is 0.760. The third-order valence-electron chi connectivity index (χ3n) is 6.46. The van der Waals surface area contributed by atoms with E-state index in [1.165, 1.54) is 0 Å². The minimum absolute atomic E-state index is 0.177. The second kappa shape index (κ2) is 7.28. The van der Waals surface area contributed by atoms with E-state index in [2.05, 4.69) is 30.7 Å². The van der Waals surface area contributed by atoms with Crippen molar-refractivity contribution in [2.24, 2.45) is 5.41 Å². The van der Waals surface area contributed by atoms with E-state index in [-0.39, 0.29) is 11.5 Å². The van der Waals surface area contributed by atoms with Gasteiger partial charge in [-0.05, 0) is 66.9 Å². The fourth-order valence-electron chi connectivity index (χ4n) is 4.82. The molecule has 0 radical (unpaired) electrons. The van der Waals surface area contributed by atoms with Crippen LogP contribution in [0.5, 0.6) is 0 Å². The van der Waals surface area contributed by atoms with E-state index in [1.807, 2.05) is 6.07 Å². The van der Waals surface area contributed by atoms with Crippen LogP contribution in [0, 0.1) is 5.41 Å². The summed E-state index contributed by atoms with van der Waals surface area (Å²) in [7, 11) is 0. The molecule has 3 aliphatic rings. The first kappa shape index (κ1) is 18.5. The zero-order chi connectivity index (χ0) is 18.3. The average Bonchev–Trinajstić information content (AvgIpc) is 2.94. The molecule has 1 N–H and O–H groups in total. The van der Waals surface area contributed by atoms with Crippen molar-refractivity contribution >= 4 is 39.3 Å². The Morgan fingerprint density at radius 3 is 2.46 bits per heavy atom. The Morgan fingerprint density at radius 2 is 1.81 bits per heavy atom. The number of pyridine rings is 1. The molecule has 1 saturated carbocycles. The maximum atomic E-state index is 13.2. The minimum Gasteiger partial charge on any atom is -0.393 e. The molecule has 0 aromatic carbocycles. The van der Waals surface area contributed by atoms with E-state index >= 15 is 0 Å². The van der Waals surface area contributed by atoms with Crippen molar-refractivity contribution in [3.8, 4) is 0 Å². The Balaban J connectivity index is 1.41. The number of likely N-dealkylation sites (tertiary alicyclic amines) is 1. The normalized spacial score (nSPS) is 28.8. The van der Waals surface area contributed by atoms with Gasteiger partial charge in [-0.15, -0.1) is 0 Å². The van der Waals surface area contributed by atoms with Crippen molar-refractivity contribution in [2.75, 3.05) is 24.5 Å². The van der Waals surface area contributed by atoms with E-state index < -0.39 is 0 Å². The number of hydrogen-bond donors (Lipinski definition) is 1. The summed E-state index contributed by atoms with van der Waals surface area (Å²) in [5.74, 6) is 1.15. The Hall–Kier alpha value is -0.850. The molecule has 5 nitrogen and oxygen atoms in total. The van der Waals surface area contributed by atoms with Gasteiger partial charge < -0.3 is 14.9 Å². The van der Waals surface area contributed by atoms with Crippen LogP contribution in [0.1, 0.15) is 44.9 Å². The highest BCUT2D eigenvalue weighted by atomic mass is 79.9. The van der Waals surface area contributed by atoms with Crippen molar-refractivity contribution in [3.05, 3.63) is 21.8 Å². The van der Waals surface area contributed by atoms with Gasteiger partial charge in [-0.25, -0.2) is 4.98 Å². The van der Waals surface area contributed by atoms with Crippen LogP contribution in [0.4, 0.5) is 5.82 Å². The Labute approximate surface area is 167 Å². The van der Waals surface area contributed by atoms with Gasteiger partial charge in [0.1, 0.15) is 5.82 Å². The van der Waals surface area contributed by atoms with Crippen LogP contribution in [0.25, 0.3) is 0 Å². The van der Waals surface area contributed by atoms with Gasteiger partial charge in [0.15, 0.2) is 0 Å². The first-order valence-corrected chi connectivity index (χ1v) is 10.7. The Bertz CT molecular complexity index is 685. The maximum Gasteiger partial charge on any atom is 0.229 e. The molecule has 2 aliphatic heterocycles. The summed E-state index contributed by atoms with van der Waals surface area (Å²) in [6, 6.07) is 2.19. The summed E-state index contributed by atoms with van der Waals surface area (Å²) in [6.45, 7) is 2.51. The molecule has 2 saturated heterocycles. The highest BCUT2D eigenvalue weighted by Crippen LogP contribution is 2.44. The van der Waals surface area contributed by atoms with Gasteiger partial charge in [-0.1, -0.05) is 11.6 Å². The van der Waals surface area contributed by atoms with E-state index in [9.17, 15) is 9.90 Å². The number of nitrogens with zero attached hydrogens (tertiary/aromatic N) is 3. The van der Waals surface area contributed by atoms with Gasteiger partial charge in [0.25, 0.3) is 0 Å². The van der Waals surface area contributed by atoms with Crippen LogP contribution in [0.3, 0.4) is 0 Å². The number of hydrogen-bond acceptors (Lipinski definition) is 4. The fourth-order valence-corrected chi connectivity index (χ4v) is 5.57. The molecule has 1 aromatic heterocycles. The number of rotatable bonds is 2. The molecule has 1 aliphatic carbocycles. The predicted molar refractivity (Wildman–Crippen MR) is 105 cm³/mol. The van der Waals surface area contributed by atoms with E-state index in [0.29, 0.717) is 17.0 Å². The number of amides is 1. The highest BCUT2D eigenvalue weighted by molar-refractivity contribution is 9.10. The molecule has 1 aromatic rings. The number of aromatic nitrogens is 1. The second-order valence-electron chi connectivity index (χ2n) is 7.94. The fraction of sp³-hybridized carbons (Fsp3) is 0.684. The average molecular weight is 443 g/mol. The summed E-state index contributed by atoms with van der Waals surface area (Å²) >= 11 is 9.74. The number of aliphatic hydroxyl groups is 1. The lowest BCUT2D eigenvalue weighted by atomic mass is 9.77. The molecule has 142 valence electrons. The topological polar surface area (TPSA) is 56.7 Å². The molecule has 1 amide bonds. The zero-order valence-corrected chi connectivity index (χ0v) is 17.2. The summed E-state index contributed by atoms with van der Waals surface area (Å²) in [5, 5.41) is 10.4. The van der Waals surface area contributed by atoms with Gasteiger partial charge in [-0.3, -0.25) is 4.79 Å². The van der Waals surface area contributed by atoms with Crippen molar-refractivity contribution in [3.63, 3.8) is 0 Å². The largest absolute Gasteiger partial charge is 0.393 e. The standard InChI is InChI=1S/C19H25BrClN3O2/c20-13-11-16(21)17(22-12-13)23-8-5-19(6-9-23)7-10-24(18(19)26)14-1-3-15(25)4-2-14/h11-12,14-15,25H,1-10H2. The molecule has 0 atom stereocenters. The van der Waals surface area contributed by atoms with Gasteiger partial charge in [0.2, 0.25) is 5.91 Å². The van der Waals surface area contributed by atoms with Gasteiger partial charge in [-0.2, -0.15) is 0 Å². The van der Waals surface area contributed by atoms with Crippen LogP contribution in [0.2, 0.25) is 5.02 Å². The van der Waals surface area contributed by atoms with Crippen molar-refractivity contribution in [1.82, 2.24) is 9.88 Å². The van der Waals surface area contributed by atoms with Crippen molar-refractivity contribution in [2.45, 2.75) is 57.1 Å². The van der Waals surface area contributed by atoms with E-state index in [4.69, 9.17) is 11.6 Å². The van der Waals surface area contributed by atoms with Crippen molar-refractivity contribution < 1.29 is 9.90 Å². The Kier molecular flexibility index (Phi) is 5.19. The lowest BCUT2D eigenvalue weighted by Crippen LogP contribution is -2.47. The monoisotopic (exact) mass is 441 g/mol. The molecule has 1 spiro atoms. The summed E-state index contributed by atoms with van der Waals surface area (Å²) in [6.07, 6.45) is 7.81. The molecular formula is C19H25BrClN3O2. The summed E-state index contributed by atoms with van der Waals surface area (Å²) < 4.78 is 0.874. The van der Waals surface area contributed by atoms with Crippen LogP contribution in [0.15, 0.2) is 16.7 Å². The van der Waals surface area contributed by atoms with Crippen LogP contribution >= 0.6 is 27.5 Å². The predicted octanol–water partition coefficient (Wildman–Crippen LogP) is 3.62. The number of carbonyl (C=O) groups is 1. The third-order valence-corrected chi connectivity index (χ3v) is 7.17. The lowest BCUT2D eigenvalue weighted by Gasteiger charge is -2.40. The molecule has 7 heteroatoms. The van der Waals surface area contributed by atoms with Crippen LogP contribution in [-0.4, -0.2) is 52.7 Å². The smallest absolute Gasteiger partial charge is 0.229 e. The number of anilines is 1. The molecule has 4 rings (SSSR count). The van der Waals surface area contributed by atoms with Crippen molar-refractivity contribution in [1.29, 1.82) is 0 Å². The molecule has 3 fully saturated rings. The third kappa shape index (κ3) is 3.36. The lowest BCUT2D eigenvalue weighted by molar-refractivity contribution is -0.139. The first-order chi connectivity index (χ1) is 12.5. The van der Waals surface area contributed by atoms with Crippen LogP contribution in [-0.2, 0) is 4.79 Å². The van der Waals surface area contributed by atoms with E-state index in [0.717, 1.165) is 74.9 Å². The first-order valence-electron chi connectivity index (χ1n) is 9.54. The molecule has 0 unspecified atom stereocenters. The Morgan fingerprint density at radius 1 is 1.15 bits per heavy atom. The van der Waals surface area contributed by atoms with E-state index in [1.54, 1.807) is 6.20 Å². The number of aliphatic hydroxyl groups excluding tert-OH is 1. The molecule has 26 heavy (non-hydrogen) atoms. The van der Waals surface area contributed by atoms with Crippen LogP contribution < -0.4 is 4.90 Å². The second-order valence-corrected chi connectivity index (χ2v) is 9.26. The number of carbonyl (C=O) groups excluding carboxylic acids is 1. The number of piperidine rings is 1. The van der Waals surface area contributed by atoms with Gasteiger partial charge in [0, 0.05) is 36.3 Å². The summed E-state index contributed by atoms with van der Waals surface area (Å²) in [4.78, 5) is 22.0. The van der Waals surface area contributed by atoms with Gasteiger partial charge in [0.05, 0.1) is 16.5 Å². The summed E-state index contributed by atoms with van der Waals surface area (Å²) in [5.41, 5.74) is -0.200. The maximum absolute atomic E-state index is 13.2. The zero-order valence-electron chi connectivity index (χ0n) is 14.8. The molecular weight excluding hydrogens is 418 g/mol. The highest BCUT2D eigenvalue weighted by Gasteiger charge is 2.50. The SMILES string of the molecule is O=C1N(C2CCC(O)CC2)CCC12CCN(c1ncc(Br)cc1Cl)CC2. The minimum atomic E-state index is -0.200. The van der Waals surface area contributed by atoms with Gasteiger partial charge >= 0.3 is 0 Å². The molecule has 0 bridgehead atoms.